The third-order valence-corrected chi connectivity index (χ3v) is 2.75. The normalized spacial score (nSPS) is 11.0. The highest BCUT2D eigenvalue weighted by Gasteiger charge is 2.09. The minimum absolute atomic E-state index is 0.573. The Morgan fingerprint density at radius 2 is 1.69 bits per heavy atom. The van der Waals surface area contributed by atoms with Crippen LogP contribution in [0.5, 0.6) is 0 Å². The van der Waals surface area contributed by atoms with Gasteiger partial charge in [-0.25, -0.2) is 0 Å². The summed E-state index contributed by atoms with van der Waals surface area (Å²) in [4.78, 5) is 8.41. The molecule has 16 heavy (non-hydrogen) atoms. The van der Waals surface area contributed by atoms with Crippen LogP contribution in [0.15, 0.2) is 36.8 Å². The van der Waals surface area contributed by atoms with E-state index in [0.29, 0.717) is 11.4 Å². The van der Waals surface area contributed by atoms with Crippen LogP contribution in [-0.4, -0.2) is 9.97 Å². The fraction of sp³-hybridized carbons (Fsp3) is 0. The fourth-order valence-corrected chi connectivity index (χ4v) is 1.94. The first-order chi connectivity index (χ1) is 7.79. The number of pyridine rings is 2. The van der Waals surface area contributed by atoms with Crippen molar-refractivity contribution in [3.8, 4) is 0 Å². The van der Waals surface area contributed by atoms with Crippen LogP contribution in [0.3, 0.4) is 0 Å². The van der Waals surface area contributed by atoms with Crippen molar-refractivity contribution in [3.63, 3.8) is 0 Å². The maximum Gasteiger partial charge on any atom is 0.0803 e. The second kappa shape index (κ2) is 3.06. The Bertz CT molecular complexity index is 630. The van der Waals surface area contributed by atoms with Crippen molar-refractivity contribution in [2.45, 2.75) is 0 Å². The molecule has 0 unspecified atom stereocenters. The first-order valence-electron chi connectivity index (χ1n) is 4.94. The van der Waals surface area contributed by atoms with E-state index in [1.165, 1.54) is 0 Å². The Morgan fingerprint density at radius 3 is 2.56 bits per heavy atom. The number of aromatic nitrogens is 2. The lowest BCUT2D eigenvalue weighted by Gasteiger charge is -2.09. The Morgan fingerprint density at radius 1 is 0.875 bits per heavy atom. The van der Waals surface area contributed by atoms with Crippen molar-refractivity contribution in [2.24, 2.45) is 0 Å². The maximum atomic E-state index is 5.99. The van der Waals surface area contributed by atoms with Crippen LogP contribution in [0, 0.1) is 0 Å². The highest BCUT2D eigenvalue weighted by Crippen LogP contribution is 2.34. The number of nitrogens with two attached hydrogens (primary N) is 2. The predicted octanol–water partition coefficient (Wildman–Crippen LogP) is 1.95. The summed E-state index contributed by atoms with van der Waals surface area (Å²) in [6, 6.07) is 5.68. The summed E-state index contributed by atoms with van der Waals surface area (Å²) in [6.07, 6.45) is 5.19. The van der Waals surface area contributed by atoms with Crippen molar-refractivity contribution < 1.29 is 0 Å². The molecule has 3 aromatic rings. The van der Waals surface area contributed by atoms with E-state index >= 15 is 0 Å². The van der Waals surface area contributed by atoms with Crippen LogP contribution in [0.4, 0.5) is 11.4 Å². The van der Waals surface area contributed by atoms with E-state index in [1.54, 1.807) is 18.6 Å². The minimum atomic E-state index is 0.573. The number of anilines is 2. The SMILES string of the molecule is Nc1c(N)c2cccnc2c2ccncc12. The van der Waals surface area contributed by atoms with Crippen molar-refractivity contribution in [1.82, 2.24) is 9.97 Å². The second-order valence-corrected chi connectivity index (χ2v) is 3.65. The van der Waals surface area contributed by atoms with Gasteiger partial charge in [-0.3, -0.25) is 9.97 Å². The molecule has 0 radical (unpaired) electrons. The Kier molecular flexibility index (Phi) is 1.71. The van der Waals surface area contributed by atoms with Crippen molar-refractivity contribution in [1.29, 1.82) is 0 Å². The number of benzene rings is 1. The molecule has 0 aliphatic heterocycles. The summed E-state index contributed by atoms with van der Waals surface area (Å²) in [7, 11) is 0. The molecule has 78 valence electrons. The first kappa shape index (κ1) is 8.91. The summed E-state index contributed by atoms with van der Waals surface area (Å²) >= 11 is 0. The van der Waals surface area contributed by atoms with Gasteiger partial charge in [-0.15, -0.1) is 0 Å². The molecule has 2 heterocycles. The summed E-state index contributed by atoms with van der Waals surface area (Å²) in [6.45, 7) is 0. The Balaban J connectivity index is 2.69. The molecule has 0 spiro atoms. The second-order valence-electron chi connectivity index (χ2n) is 3.65. The van der Waals surface area contributed by atoms with Crippen LogP contribution < -0.4 is 11.5 Å². The van der Waals surface area contributed by atoms with Gasteiger partial charge in [0.25, 0.3) is 0 Å². The van der Waals surface area contributed by atoms with Crippen LogP contribution in [0.1, 0.15) is 0 Å². The zero-order chi connectivity index (χ0) is 11.1. The van der Waals surface area contributed by atoms with Gasteiger partial charge in [0.1, 0.15) is 0 Å². The van der Waals surface area contributed by atoms with E-state index in [1.807, 2.05) is 18.2 Å². The number of rotatable bonds is 0. The summed E-state index contributed by atoms with van der Waals surface area (Å²) in [5, 5.41) is 2.72. The first-order valence-corrected chi connectivity index (χ1v) is 4.94. The van der Waals surface area contributed by atoms with Crippen LogP contribution in [0.2, 0.25) is 0 Å². The van der Waals surface area contributed by atoms with Gasteiger partial charge in [0, 0.05) is 34.7 Å². The van der Waals surface area contributed by atoms with Gasteiger partial charge in [-0.1, -0.05) is 0 Å². The number of nitrogen functional groups attached to an aromatic ring is 2. The molecule has 0 aliphatic carbocycles. The average Bonchev–Trinajstić information content (AvgIpc) is 2.36. The number of nitrogens with zero attached hydrogens (tertiary/aromatic N) is 2. The molecular weight excluding hydrogens is 200 g/mol. The van der Waals surface area contributed by atoms with Crippen LogP contribution in [-0.2, 0) is 0 Å². The average molecular weight is 210 g/mol. The zero-order valence-corrected chi connectivity index (χ0v) is 8.51. The fourth-order valence-electron chi connectivity index (χ4n) is 1.94. The molecular formula is C12H10N4. The van der Waals surface area contributed by atoms with Crippen LogP contribution in [0.25, 0.3) is 21.7 Å². The number of hydrogen-bond donors (Lipinski definition) is 2. The van der Waals surface area contributed by atoms with Gasteiger partial charge < -0.3 is 11.5 Å². The van der Waals surface area contributed by atoms with Gasteiger partial charge in [0.15, 0.2) is 0 Å². The molecule has 4 nitrogen and oxygen atoms in total. The summed E-state index contributed by atoms with van der Waals surface area (Å²) in [5.74, 6) is 0. The molecule has 4 heteroatoms. The van der Waals surface area contributed by atoms with Gasteiger partial charge in [-0.2, -0.15) is 0 Å². The highest BCUT2D eigenvalue weighted by molar-refractivity contribution is 6.17. The lowest BCUT2D eigenvalue weighted by Crippen LogP contribution is -1.98. The Labute approximate surface area is 91.9 Å². The number of fused-ring (bicyclic) bond motifs is 3. The minimum Gasteiger partial charge on any atom is -0.396 e. The zero-order valence-electron chi connectivity index (χ0n) is 8.51. The smallest absolute Gasteiger partial charge is 0.0803 e. The maximum absolute atomic E-state index is 5.99. The summed E-state index contributed by atoms with van der Waals surface area (Å²) in [5.41, 5.74) is 14.0. The van der Waals surface area contributed by atoms with Gasteiger partial charge >= 0.3 is 0 Å². The molecule has 0 saturated carbocycles. The standard InChI is InChI=1S/C12H10N4/c13-10-8-2-1-4-16-12(8)7-3-5-15-6-9(7)11(10)14/h1-6H,13-14H2. The van der Waals surface area contributed by atoms with Gasteiger partial charge in [0.2, 0.25) is 0 Å². The third kappa shape index (κ3) is 1.04. The Hall–Kier alpha value is -2.36. The van der Waals surface area contributed by atoms with Crippen molar-refractivity contribution in [3.05, 3.63) is 36.8 Å². The van der Waals surface area contributed by atoms with E-state index in [2.05, 4.69) is 9.97 Å². The van der Waals surface area contributed by atoms with Gasteiger partial charge in [0.05, 0.1) is 16.9 Å². The quantitative estimate of drug-likeness (QED) is 0.337. The molecule has 2 aromatic heterocycles. The predicted molar refractivity (Wildman–Crippen MR) is 65.9 cm³/mol. The molecule has 4 N–H and O–H groups in total. The molecule has 0 amide bonds. The highest BCUT2D eigenvalue weighted by atomic mass is 14.7. The third-order valence-electron chi connectivity index (χ3n) is 2.75. The van der Waals surface area contributed by atoms with E-state index in [9.17, 15) is 0 Å². The lowest BCUT2D eigenvalue weighted by molar-refractivity contribution is 1.36. The molecule has 0 bridgehead atoms. The largest absolute Gasteiger partial charge is 0.396 e. The molecule has 1 aromatic carbocycles. The van der Waals surface area contributed by atoms with Crippen LogP contribution >= 0.6 is 0 Å². The molecule has 0 aliphatic rings. The van der Waals surface area contributed by atoms with E-state index in [-0.39, 0.29) is 0 Å². The van der Waals surface area contributed by atoms with E-state index in [4.69, 9.17) is 11.5 Å². The topological polar surface area (TPSA) is 77.8 Å². The monoisotopic (exact) mass is 210 g/mol. The van der Waals surface area contributed by atoms with Gasteiger partial charge in [-0.05, 0) is 18.2 Å². The van der Waals surface area contributed by atoms with Crippen molar-refractivity contribution >= 4 is 33.1 Å². The number of hydrogen-bond acceptors (Lipinski definition) is 4. The molecule has 0 atom stereocenters. The van der Waals surface area contributed by atoms with Crippen molar-refractivity contribution in [2.75, 3.05) is 11.5 Å². The lowest BCUT2D eigenvalue weighted by atomic mass is 10.0. The molecule has 0 fully saturated rings. The molecule has 0 saturated heterocycles. The van der Waals surface area contributed by atoms with E-state index in [0.717, 1.165) is 21.7 Å². The van der Waals surface area contributed by atoms with E-state index < -0.39 is 0 Å². The molecule has 3 rings (SSSR count). The summed E-state index contributed by atoms with van der Waals surface area (Å²) < 4.78 is 0.